The molecular weight excluding hydrogens is 500 g/mol. The van der Waals surface area contributed by atoms with E-state index in [4.69, 9.17) is 25.8 Å². The average Bonchev–Trinajstić information content (AvgIpc) is 3.30. The average molecular weight is 533 g/mol. The largest absolute Gasteiger partial charge is 0.496 e. The fraction of sp³-hybridized carbons (Fsp3) is 0.323. The Bertz CT molecular complexity index is 1490. The van der Waals surface area contributed by atoms with Gasteiger partial charge in [-0.25, -0.2) is 0 Å². The van der Waals surface area contributed by atoms with E-state index < -0.39 is 6.04 Å². The summed E-state index contributed by atoms with van der Waals surface area (Å²) in [6.45, 7) is 6.55. The number of para-hydroxylation sites is 1. The Morgan fingerprint density at radius 2 is 1.87 bits per heavy atom. The fourth-order valence-corrected chi connectivity index (χ4v) is 5.46. The smallest absolute Gasteiger partial charge is 0.323 e. The summed E-state index contributed by atoms with van der Waals surface area (Å²) in [5, 5.41) is 5.37. The van der Waals surface area contributed by atoms with Crippen LogP contribution in [0.3, 0.4) is 0 Å². The van der Waals surface area contributed by atoms with Gasteiger partial charge in [0.15, 0.2) is 0 Å². The Morgan fingerprint density at radius 1 is 1.08 bits per heavy atom. The molecule has 38 heavy (non-hydrogen) atoms. The summed E-state index contributed by atoms with van der Waals surface area (Å²) in [6.07, 6.45) is 0.558. The van der Waals surface area contributed by atoms with Gasteiger partial charge in [-0.2, -0.15) is 0 Å². The number of carbonyl (C=O) groups excluding carboxylic acids is 1. The van der Waals surface area contributed by atoms with E-state index in [1.807, 2.05) is 43.3 Å². The number of aryl methyl sites for hydroxylation is 1. The SMILES string of the molecule is COC(=O)[C@@H]1Cc2c([nH]c3ccccc23)[C@@H](c2ccc(OC)c(COc3cc(C)c(Cl)cc3C(C)C)c2)N1. The van der Waals surface area contributed by atoms with Gasteiger partial charge in [-0.1, -0.05) is 49.7 Å². The molecule has 2 heterocycles. The predicted molar refractivity (Wildman–Crippen MR) is 150 cm³/mol. The van der Waals surface area contributed by atoms with Crippen molar-refractivity contribution in [3.05, 3.63) is 93.1 Å². The van der Waals surface area contributed by atoms with Gasteiger partial charge >= 0.3 is 5.97 Å². The molecule has 5 rings (SSSR count). The minimum Gasteiger partial charge on any atom is -0.496 e. The highest BCUT2D eigenvalue weighted by molar-refractivity contribution is 6.31. The van der Waals surface area contributed by atoms with Crippen molar-refractivity contribution < 1.29 is 19.0 Å². The monoisotopic (exact) mass is 532 g/mol. The zero-order valence-corrected chi connectivity index (χ0v) is 23.1. The summed E-state index contributed by atoms with van der Waals surface area (Å²) in [5.74, 6) is 1.54. The number of methoxy groups -OCH3 is 2. The fourth-order valence-electron chi connectivity index (χ4n) is 5.28. The van der Waals surface area contributed by atoms with Crippen molar-refractivity contribution in [1.29, 1.82) is 0 Å². The minimum atomic E-state index is -0.454. The van der Waals surface area contributed by atoms with E-state index in [0.29, 0.717) is 13.0 Å². The van der Waals surface area contributed by atoms with Crippen LogP contribution in [0.5, 0.6) is 11.5 Å². The summed E-state index contributed by atoms with van der Waals surface area (Å²) in [5.41, 5.74) is 7.18. The van der Waals surface area contributed by atoms with Crippen molar-refractivity contribution in [1.82, 2.24) is 10.3 Å². The third-order valence-corrected chi connectivity index (χ3v) is 7.74. The van der Waals surface area contributed by atoms with Gasteiger partial charge in [-0.15, -0.1) is 0 Å². The first-order chi connectivity index (χ1) is 18.3. The first-order valence-corrected chi connectivity index (χ1v) is 13.2. The van der Waals surface area contributed by atoms with Crippen LogP contribution < -0.4 is 14.8 Å². The molecular formula is C31H33ClN2O4. The number of hydrogen-bond donors (Lipinski definition) is 2. The molecule has 3 aromatic carbocycles. The number of hydrogen-bond acceptors (Lipinski definition) is 5. The quantitative estimate of drug-likeness (QED) is 0.262. The Balaban J connectivity index is 1.52. The lowest BCUT2D eigenvalue weighted by Crippen LogP contribution is -2.45. The molecule has 198 valence electrons. The van der Waals surface area contributed by atoms with Crippen LogP contribution in [0.2, 0.25) is 5.02 Å². The van der Waals surface area contributed by atoms with Gasteiger partial charge in [0.25, 0.3) is 0 Å². The van der Waals surface area contributed by atoms with Crippen LogP contribution in [0.15, 0.2) is 54.6 Å². The maximum Gasteiger partial charge on any atom is 0.323 e. The molecule has 0 unspecified atom stereocenters. The molecule has 2 N–H and O–H groups in total. The van der Waals surface area contributed by atoms with Crippen LogP contribution in [-0.2, 0) is 22.6 Å². The van der Waals surface area contributed by atoms with Gasteiger partial charge in [0.2, 0.25) is 0 Å². The maximum absolute atomic E-state index is 12.6. The highest BCUT2D eigenvalue weighted by Gasteiger charge is 2.34. The number of fused-ring (bicyclic) bond motifs is 3. The Morgan fingerprint density at radius 3 is 2.61 bits per heavy atom. The number of rotatable bonds is 7. The lowest BCUT2D eigenvalue weighted by atomic mass is 9.89. The van der Waals surface area contributed by atoms with Crippen molar-refractivity contribution in [2.24, 2.45) is 0 Å². The van der Waals surface area contributed by atoms with E-state index in [2.05, 4.69) is 42.3 Å². The van der Waals surface area contributed by atoms with Gasteiger partial charge in [0, 0.05) is 33.6 Å². The summed E-state index contributed by atoms with van der Waals surface area (Å²) >= 11 is 6.40. The molecule has 0 aliphatic carbocycles. The maximum atomic E-state index is 12.6. The molecule has 1 aliphatic heterocycles. The summed E-state index contributed by atoms with van der Waals surface area (Å²) in [4.78, 5) is 16.2. The number of benzene rings is 3. The number of H-pyrrole nitrogens is 1. The molecule has 0 radical (unpaired) electrons. The highest BCUT2D eigenvalue weighted by atomic mass is 35.5. The number of nitrogens with one attached hydrogen (secondary N) is 2. The number of esters is 1. The molecule has 0 amide bonds. The van der Waals surface area contributed by atoms with Crippen LogP contribution in [-0.4, -0.2) is 31.2 Å². The van der Waals surface area contributed by atoms with Crippen molar-refractivity contribution >= 4 is 28.5 Å². The molecule has 1 aliphatic rings. The number of carbonyl (C=O) groups is 1. The van der Waals surface area contributed by atoms with Crippen molar-refractivity contribution in [3.8, 4) is 11.5 Å². The van der Waals surface area contributed by atoms with Gasteiger partial charge in [0.1, 0.15) is 24.1 Å². The van der Waals surface area contributed by atoms with Gasteiger partial charge in [0.05, 0.1) is 20.3 Å². The molecule has 1 aromatic heterocycles. The highest BCUT2D eigenvalue weighted by Crippen LogP contribution is 2.38. The first kappa shape index (κ1) is 26.1. The standard InChI is InChI=1S/C31H33ClN2O4/c1-17(2)22-14-24(32)18(3)12-28(22)38-16-20-13-19(10-11-27(20)36-4)29-30-23(15-26(34-29)31(35)37-5)21-8-6-7-9-25(21)33-30/h6-14,17,26,29,33-34H,15-16H2,1-5H3/t26-,29+/m0/s1. The molecule has 6 nitrogen and oxygen atoms in total. The lowest BCUT2D eigenvalue weighted by molar-refractivity contribution is -0.143. The van der Waals surface area contributed by atoms with E-state index in [1.54, 1.807) is 7.11 Å². The van der Waals surface area contributed by atoms with E-state index >= 15 is 0 Å². The third kappa shape index (κ3) is 4.86. The van der Waals surface area contributed by atoms with Gasteiger partial charge < -0.3 is 19.2 Å². The van der Waals surface area contributed by atoms with Crippen molar-refractivity contribution in [3.63, 3.8) is 0 Å². The molecule has 7 heteroatoms. The van der Waals surface area contributed by atoms with Gasteiger partial charge in [-0.05, 0) is 65.4 Å². The van der Waals surface area contributed by atoms with E-state index in [0.717, 1.165) is 60.9 Å². The number of aromatic nitrogens is 1. The molecule has 0 bridgehead atoms. The second-order valence-electron chi connectivity index (χ2n) is 10.1. The van der Waals surface area contributed by atoms with Gasteiger partial charge in [-0.3, -0.25) is 10.1 Å². The molecule has 0 spiro atoms. The normalized spacial score (nSPS) is 16.9. The van der Waals surface area contributed by atoms with E-state index in [-0.39, 0.29) is 17.9 Å². The Labute approximate surface area is 228 Å². The minimum absolute atomic E-state index is 0.232. The predicted octanol–water partition coefficient (Wildman–Crippen LogP) is 6.62. The molecule has 4 aromatic rings. The number of ether oxygens (including phenoxy) is 3. The van der Waals surface area contributed by atoms with Crippen LogP contribution in [0.4, 0.5) is 0 Å². The Hall–Kier alpha value is -3.48. The second kappa shape index (κ2) is 10.7. The van der Waals surface area contributed by atoms with Crippen LogP contribution in [0.25, 0.3) is 10.9 Å². The first-order valence-electron chi connectivity index (χ1n) is 12.8. The summed E-state index contributed by atoms with van der Waals surface area (Å²) < 4.78 is 17.2. The summed E-state index contributed by atoms with van der Waals surface area (Å²) in [6, 6.07) is 17.6. The number of halogens is 1. The molecule has 0 saturated carbocycles. The molecule has 0 fully saturated rings. The zero-order chi connectivity index (χ0) is 27.0. The van der Waals surface area contributed by atoms with E-state index in [1.165, 1.54) is 7.11 Å². The number of aromatic amines is 1. The van der Waals surface area contributed by atoms with Crippen LogP contribution in [0.1, 0.15) is 59.3 Å². The van der Waals surface area contributed by atoms with Crippen molar-refractivity contribution in [2.45, 2.75) is 51.8 Å². The summed E-state index contributed by atoms with van der Waals surface area (Å²) in [7, 11) is 3.09. The lowest BCUT2D eigenvalue weighted by Gasteiger charge is -2.30. The van der Waals surface area contributed by atoms with Crippen molar-refractivity contribution in [2.75, 3.05) is 14.2 Å². The zero-order valence-electron chi connectivity index (χ0n) is 22.4. The topological polar surface area (TPSA) is 72.6 Å². The second-order valence-corrected chi connectivity index (χ2v) is 10.5. The Kier molecular flexibility index (Phi) is 7.37. The van der Waals surface area contributed by atoms with E-state index in [9.17, 15) is 4.79 Å². The third-order valence-electron chi connectivity index (χ3n) is 7.33. The van der Waals surface area contributed by atoms with Crippen LogP contribution >= 0.6 is 11.6 Å². The van der Waals surface area contributed by atoms with Crippen LogP contribution in [0, 0.1) is 6.92 Å². The molecule has 2 atom stereocenters. The molecule has 0 saturated heterocycles.